The van der Waals surface area contributed by atoms with Gasteiger partial charge in [0.2, 0.25) is 11.8 Å². The maximum absolute atomic E-state index is 13.7. The normalized spacial score (nSPS) is 20.1. The Kier molecular flexibility index (Phi) is 11.7. The lowest BCUT2D eigenvalue weighted by Gasteiger charge is -2.28. The Morgan fingerprint density at radius 2 is 1.70 bits per heavy atom. The van der Waals surface area contributed by atoms with Gasteiger partial charge < -0.3 is 25.4 Å². The van der Waals surface area contributed by atoms with Gasteiger partial charge >= 0.3 is 12.1 Å². The Morgan fingerprint density at radius 1 is 0.977 bits per heavy atom. The van der Waals surface area contributed by atoms with E-state index >= 15 is 0 Å². The largest absolute Gasteiger partial charge is 0.467 e. The fourth-order valence-corrected chi connectivity index (χ4v) is 6.58. The van der Waals surface area contributed by atoms with Gasteiger partial charge in [0, 0.05) is 22.9 Å². The zero-order chi connectivity index (χ0) is 31.7. The van der Waals surface area contributed by atoms with Gasteiger partial charge in [0.05, 0.1) is 7.11 Å². The molecule has 1 saturated heterocycles. The molecule has 3 unspecified atom stereocenters. The summed E-state index contributed by atoms with van der Waals surface area (Å²) in [4.78, 5) is 52.5. The second-order valence-corrected chi connectivity index (χ2v) is 13.1. The molecule has 2 aromatic carbocycles. The van der Waals surface area contributed by atoms with E-state index in [9.17, 15) is 19.2 Å². The minimum atomic E-state index is -1.04. The number of halogens is 1. The standard InChI is InChI=1S/C34H44ClN3O6/c1-34(2)21-25(30(39)38-34)20-28(32(41)43-3)36-31(40)27(18-22-11-6-4-7-12-22)37-33(42)44-29(24-14-8-5-9-15-24)19-23-13-10-16-26(35)17-23/h5,8-10,13-17,22,25,27-29H,4,6-7,11-12,18-21H2,1-3H3,(H,36,40)(H,37,42)(H,38,39)/t25?,27-,28?,29?/m0/s1. The monoisotopic (exact) mass is 625 g/mol. The van der Waals surface area contributed by atoms with Gasteiger partial charge in [-0.25, -0.2) is 9.59 Å². The third kappa shape index (κ3) is 9.71. The van der Waals surface area contributed by atoms with Gasteiger partial charge in [0.1, 0.15) is 18.2 Å². The van der Waals surface area contributed by atoms with E-state index in [2.05, 4.69) is 16.0 Å². The maximum atomic E-state index is 13.7. The van der Waals surface area contributed by atoms with E-state index in [4.69, 9.17) is 21.1 Å². The number of rotatable bonds is 12. The number of carbonyl (C=O) groups is 4. The summed E-state index contributed by atoms with van der Waals surface area (Å²) < 4.78 is 10.9. The highest BCUT2D eigenvalue weighted by Gasteiger charge is 2.41. The fraction of sp³-hybridized carbons (Fsp3) is 0.529. The van der Waals surface area contributed by atoms with E-state index in [-0.39, 0.29) is 18.2 Å². The summed E-state index contributed by atoms with van der Waals surface area (Å²) in [5, 5.41) is 9.11. The van der Waals surface area contributed by atoms with Crippen LogP contribution in [0.3, 0.4) is 0 Å². The first-order valence-electron chi connectivity index (χ1n) is 15.5. The van der Waals surface area contributed by atoms with E-state index in [1.54, 1.807) is 6.07 Å². The average molecular weight is 626 g/mol. The molecule has 9 nitrogen and oxygen atoms in total. The number of hydrogen-bond donors (Lipinski definition) is 3. The van der Waals surface area contributed by atoms with Crippen molar-refractivity contribution in [3.05, 3.63) is 70.7 Å². The van der Waals surface area contributed by atoms with Gasteiger partial charge in [-0.1, -0.05) is 86.2 Å². The predicted octanol–water partition coefficient (Wildman–Crippen LogP) is 5.65. The molecule has 2 fully saturated rings. The Labute approximate surface area is 264 Å². The number of ether oxygens (including phenoxy) is 2. The molecule has 238 valence electrons. The number of esters is 1. The van der Waals surface area contributed by atoms with E-state index in [1.807, 2.05) is 62.4 Å². The molecule has 1 aliphatic heterocycles. The molecule has 0 aromatic heterocycles. The van der Waals surface area contributed by atoms with Crippen LogP contribution in [0.25, 0.3) is 0 Å². The molecule has 4 atom stereocenters. The van der Waals surface area contributed by atoms with Gasteiger partial charge in [-0.3, -0.25) is 9.59 Å². The average Bonchev–Trinajstić information content (AvgIpc) is 3.26. The van der Waals surface area contributed by atoms with Crippen LogP contribution in [0.1, 0.15) is 82.4 Å². The molecule has 1 aliphatic carbocycles. The van der Waals surface area contributed by atoms with Crippen LogP contribution in [0, 0.1) is 11.8 Å². The number of carbonyl (C=O) groups excluding carboxylic acids is 4. The zero-order valence-corrected chi connectivity index (χ0v) is 26.5. The van der Waals surface area contributed by atoms with Crippen molar-refractivity contribution >= 4 is 35.5 Å². The number of benzene rings is 2. The maximum Gasteiger partial charge on any atom is 0.408 e. The molecule has 1 saturated carbocycles. The van der Waals surface area contributed by atoms with Crippen LogP contribution in [0.15, 0.2) is 54.6 Å². The second-order valence-electron chi connectivity index (χ2n) is 12.7. The first kappa shape index (κ1) is 33.3. The van der Waals surface area contributed by atoms with Gasteiger partial charge in [0.15, 0.2) is 0 Å². The molecule has 3 amide bonds. The number of nitrogens with one attached hydrogen (secondary N) is 3. The Morgan fingerprint density at radius 3 is 2.34 bits per heavy atom. The summed E-state index contributed by atoms with van der Waals surface area (Å²) in [7, 11) is 1.25. The Balaban J connectivity index is 1.50. The van der Waals surface area contributed by atoms with Gasteiger partial charge in [0.25, 0.3) is 0 Å². The molecule has 0 bridgehead atoms. The van der Waals surface area contributed by atoms with Gasteiger partial charge in [-0.05, 0) is 62.3 Å². The van der Waals surface area contributed by atoms with Crippen molar-refractivity contribution in [2.45, 2.75) is 95.4 Å². The van der Waals surface area contributed by atoms with Crippen molar-refractivity contribution in [1.82, 2.24) is 16.0 Å². The van der Waals surface area contributed by atoms with Crippen LogP contribution in [-0.2, 0) is 30.3 Å². The molecule has 2 aromatic rings. The molecule has 10 heteroatoms. The topological polar surface area (TPSA) is 123 Å². The van der Waals surface area contributed by atoms with Crippen molar-refractivity contribution in [2.75, 3.05) is 7.11 Å². The van der Waals surface area contributed by atoms with Crippen LogP contribution in [-0.4, -0.2) is 48.6 Å². The number of alkyl carbamates (subject to hydrolysis) is 1. The highest BCUT2D eigenvalue weighted by Crippen LogP contribution is 2.30. The predicted molar refractivity (Wildman–Crippen MR) is 168 cm³/mol. The molecule has 0 spiro atoms. The van der Waals surface area contributed by atoms with Crippen molar-refractivity contribution < 1.29 is 28.7 Å². The summed E-state index contributed by atoms with van der Waals surface area (Å²) in [6, 6.07) is 14.8. The highest BCUT2D eigenvalue weighted by molar-refractivity contribution is 6.30. The fourth-order valence-electron chi connectivity index (χ4n) is 6.37. The van der Waals surface area contributed by atoms with E-state index in [1.165, 1.54) is 7.11 Å². The highest BCUT2D eigenvalue weighted by atomic mass is 35.5. The lowest BCUT2D eigenvalue weighted by atomic mass is 9.84. The third-order valence-corrected chi connectivity index (χ3v) is 8.78. The van der Waals surface area contributed by atoms with E-state index < -0.39 is 47.6 Å². The van der Waals surface area contributed by atoms with Crippen LogP contribution < -0.4 is 16.0 Å². The first-order valence-corrected chi connectivity index (χ1v) is 15.9. The van der Waals surface area contributed by atoms with Crippen molar-refractivity contribution in [3.63, 3.8) is 0 Å². The quantitative estimate of drug-likeness (QED) is 0.262. The zero-order valence-electron chi connectivity index (χ0n) is 25.8. The Bertz CT molecular complexity index is 1300. The van der Waals surface area contributed by atoms with Crippen LogP contribution in [0.5, 0.6) is 0 Å². The molecule has 0 radical (unpaired) electrons. The van der Waals surface area contributed by atoms with Crippen molar-refractivity contribution in [2.24, 2.45) is 11.8 Å². The third-order valence-electron chi connectivity index (χ3n) is 8.54. The number of hydrogen-bond acceptors (Lipinski definition) is 6. The van der Waals surface area contributed by atoms with E-state index in [0.29, 0.717) is 24.3 Å². The minimum Gasteiger partial charge on any atom is -0.467 e. The van der Waals surface area contributed by atoms with Crippen LogP contribution in [0.4, 0.5) is 4.79 Å². The SMILES string of the molecule is COC(=O)C(CC1CC(C)(C)NC1=O)NC(=O)[C@H](CC1CCCCC1)NC(=O)OC(Cc1cccc(Cl)c1)c1ccccc1. The Hall–Kier alpha value is -3.59. The van der Waals surface area contributed by atoms with Crippen molar-refractivity contribution in [3.8, 4) is 0 Å². The van der Waals surface area contributed by atoms with Crippen molar-refractivity contribution in [1.29, 1.82) is 0 Å². The summed E-state index contributed by atoms with van der Waals surface area (Å²) in [6.07, 6.45) is 5.27. The lowest BCUT2D eigenvalue weighted by molar-refractivity contribution is -0.146. The van der Waals surface area contributed by atoms with Gasteiger partial charge in [-0.15, -0.1) is 0 Å². The first-order chi connectivity index (χ1) is 21.0. The number of amides is 3. The molecule has 4 rings (SSSR count). The summed E-state index contributed by atoms with van der Waals surface area (Å²) in [5.41, 5.74) is 1.30. The summed E-state index contributed by atoms with van der Waals surface area (Å²) >= 11 is 6.21. The molecular formula is C34H44ClN3O6. The molecule has 2 aliphatic rings. The molecular weight excluding hydrogens is 582 g/mol. The minimum absolute atomic E-state index is 0.101. The van der Waals surface area contributed by atoms with E-state index in [0.717, 1.165) is 43.2 Å². The molecule has 3 N–H and O–H groups in total. The number of methoxy groups -OCH3 is 1. The second kappa shape index (κ2) is 15.4. The van der Waals surface area contributed by atoms with Crippen LogP contribution >= 0.6 is 11.6 Å². The lowest BCUT2D eigenvalue weighted by Crippen LogP contribution is -2.53. The van der Waals surface area contributed by atoms with Gasteiger partial charge in [-0.2, -0.15) is 0 Å². The summed E-state index contributed by atoms with van der Waals surface area (Å²) in [6.45, 7) is 3.84. The molecule has 1 heterocycles. The summed E-state index contributed by atoms with van der Waals surface area (Å²) in [5.74, 6) is -1.52. The molecule has 44 heavy (non-hydrogen) atoms. The smallest absolute Gasteiger partial charge is 0.408 e. The van der Waals surface area contributed by atoms with Crippen LogP contribution in [0.2, 0.25) is 5.02 Å².